The Bertz CT molecular complexity index is 1180. The van der Waals surface area contributed by atoms with Crippen molar-refractivity contribution in [1.82, 2.24) is 9.99 Å². The Morgan fingerprint density at radius 3 is 2.73 bits per heavy atom. The highest BCUT2D eigenvalue weighted by atomic mass is 19.1. The molecule has 2 unspecified atom stereocenters. The highest BCUT2D eigenvalue weighted by molar-refractivity contribution is 6.27. The number of hydrazine groups is 1. The molecule has 2 N–H and O–H groups in total. The number of fused-ring (bicyclic) bond motifs is 5. The third-order valence-electron chi connectivity index (χ3n) is 6.37. The number of halogens is 1. The number of hydrogen-bond donors (Lipinski definition) is 1. The zero-order chi connectivity index (χ0) is 23.9. The van der Waals surface area contributed by atoms with Gasteiger partial charge in [0.1, 0.15) is 11.9 Å². The number of nitriles is 1. The monoisotopic (exact) mass is 448 g/mol. The molecule has 0 saturated carbocycles. The SMILES string of the molecule is CC1Oc2cc(cnc2N)C2=C(C#N)CC(C(C)C)N=C2CN(C)N(C)c2ccc(F)cc21. The van der Waals surface area contributed by atoms with Crippen LogP contribution in [0.5, 0.6) is 5.75 Å². The number of aromatic nitrogens is 1. The number of aliphatic imine (C=N–C) groups is 1. The minimum absolute atomic E-state index is 0.0175. The van der Waals surface area contributed by atoms with Gasteiger partial charge >= 0.3 is 0 Å². The van der Waals surface area contributed by atoms with Crippen molar-refractivity contribution >= 4 is 22.8 Å². The number of anilines is 2. The molecule has 4 rings (SSSR count). The molecule has 0 radical (unpaired) electrons. The van der Waals surface area contributed by atoms with Gasteiger partial charge in [0.05, 0.1) is 30.1 Å². The van der Waals surface area contributed by atoms with Crippen molar-refractivity contribution in [2.24, 2.45) is 10.9 Å². The van der Waals surface area contributed by atoms with Gasteiger partial charge in [-0.05, 0) is 37.1 Å². The molecule has 0 aliphatic carbocycles. The van der Waals surface area contributed by atoms with Crippen LogP contribution >= 0.6 is 0 Å². The molecule has 3 heterocycles. The first kappa shape index (κ1) is 22.7. The van der Waals surface area contributed by atoms with Crippen LogP contribution in [-0.2, 0) is 0 Å². The van der Waals surface area contributed by atoms with Crippen molar-refractivity contribution in [2.75, 3.05) is 31.4 Å². The van der Waals surface area contributed by atoms with E-state index >= 15 is 0 Å². The minimum Gasteiger partial charge on any atom is -0.482 e. The predicted octanol–water partition coefficient (Wildman–Crippen LogP) is 4.39. The number of pyridine rings is 1. The third-order valence-corrected chi connectivity index (χ3v) is 6.37. The van der Waals surface area contributed by atoms with Gasteiger partial charge in [0.15, 0.2) is 11.6 Å². The Morgan fingerprint density at radius 1 is 1.27 bits per heavy atom. The van der Waals surface area contributed by atoms with Gasteiger partial charge in [-0.25, -0.2) is 14.4 Å². The summed E-state index contributed by atoms with van der Waals surface area (Å²) in [6.07, 6.45) is 1.75. The first-order valence-electron chi connectivity index (χ1n) is 11.1. The van der Waals surface area contributed by atoms with E-state index in [4.69, 9.17) is 15.5 Å². The van der Waals surface area contributed by atoms with E-state index in [1.165, 1.54) is 12.1 Å². The summed E-state index contributed by atoms with van der Waals surface area (Å²) >= 11 is 0. The van der Waals surface area contributed by atoms with Crippen LogP contribution in [0.25, 0.3) is 5.57 Å². The number of nitrogen functional groups attached to an aromatic ring is 1. The lowest BCUT2D eigenvalue weighted by Crippen LogP contribution is -2.42. The van der Waals surface area contributed by atoms with E-state index in [2.05, 4.69) is 24.9 Å². The molecule has 33 heavy (non-hydrogen) atoms. The van der Waals surface area contributed by atoms with Crippen LogP contribution in [0.15, 0.2) is 41.0 Å². The predicted molar refractivity (Wildman–Crippen MR) is 128 cm³/mol. The molecule has 0 saturated heterocycles. The maximum atomic E-state index is 14.2. The fourth-order valence-electron chi connectivity index (χ4n) is 4.34. The molecular formula is C25H29FN6O. The smallest absolute Gasteiger partial charge is 0.166 e. The van der Waals surface area contributed by atoms with Crippen molar-refractivity contribution in [3.05, 3.63) is 53.0 Å². The van der Waals surface area contributed by atoms with Crippen molar-refractivity contribution in [2.45, 2.75) is 39.3 Å². The van der Waals surface area contributed by atoms with Crippen LogP contribution in [0.1, 0.15) is 44.4 Å². The number of nitrogens with two attached hydrogens (primary N) is 1. The van der Waals surface area contributed by atoms with Crippen LogP contribution in [-0.4, -0.2) is 42.4 Å². The second-order valence-corrected chi connectivity index (χ2v) is 8.97. The normalized spacial score (nSPS) is 21.3. The lowest BCUT2D eigenvalue weighted by atomic mass is 9.86. The van der Waals surface area contributed by atoms with Crippen molar-refractivity contribution in [3.63, 3.8) is 0 Å². The summed E-state index contributed by atoms with van der Waals surface area (Å²) in [7, 11) is 3.87. The number of rotatable bonds is 1. The largest absolute Gasteiger partial charge is 0.482 e. The van der Waals surface area contributed by atoms with Gasteiger partial charge < -0.3 is 15.5 Å². The van der Waals surface area contributed by atoms with Crippen molar-refractivity contribution in [3.8, 4) is 11.8 Å². The Morgan fingerprint density at radius 2 is 2.03 bits per heavy atom. The molecule has 172 valence electrons. The molecule has 2 atom stereocenters. The van der Waals surface area contributed by atoms with Gasteiger partial charge in [-0.15, -0.1) is 0 Å². The van der Waals surface area contributed by atoms with Crippen LogP contribution in [0, 0.1) is 23.1 Å². The van der Waals surface area contributed by atoms with E-state index in [9.17, 15) is 9.65 Å². The highest BCUT2D eigenvalue weighted by Crippen LogP contribution is 2.37. The molecule has 0 fully saturated rings. The summed E-state index contributed by atoms with van der Waals surface area (Å²) in [4.78, 5) is 9.40. The summed E-state index contributed by atoms with van der Waals surface area (Å²) in [6.45, 7) is 6.54. The van der Waals surface area contributed by atoms with Gasteiger partial charge in [0, 0.05) is 49.0 Å². The molecule has 2 bridgehead atoms. The topological polar surface area (TPSA) is 90.8 Å². The lowest BCUT2D eigenvalue weighted by Gasteiger charge is -2.35. The molecule has 8 heteroatoms. The molecule has 0 spiro atoms. The summed E-state index contributed by atoms with van der Waals surface area (Å²) in [5.74, 6) is 0.578. The molecular weight excluding hydrogens is 419 g/mol. The van der Waals surface area contributed by atoms with Crippen LogP contribution in [0.4, 0.5) is 15.9 Å². The standard InChI is InChI=1S/C25H29FN6O/c1-14(2)20-8-16(11-27)24-17-9-23(25(28)29-12-17)33-15(3)19-10-18(26)6-7-22(19)32(5)31(4)13-21(24)30-20/h6-7,9-10,12,14-15,20H,8,13H2,1-5H3,(H2,28,29). The zero-order valence-electron chi connectivity index (χ0n) is 19.6. The van der Waals surface area contributed by atoms with Gasteiger partial charge in [-0.2, -0.15) is 5.26 Å². The first-order chi connectivity index (χ1) is 15.7. The summed E-state index contributed by atoms with van der Waals surface area (Å²) in [5.41, 5.74) is 10.6. The number of hydrogen-bond acceptors (Lipinski definition) is 7. The van der Waals surface area contributed by atoms with Crippen LogP contribution in [0.2, 0.25) is 0 Å². The Hall–Kier alpha value is -3.44. The number of benzene rings is 1. The van der Waals surface area contributed by atoms with Gasteiger partial charge in [-0.1, -0.05) is 13.8 Å². The lowest BCUT2D eigenvalue weighted by molar-refractivity contribution is 0.226. The maximum absolute atomic E-state index is 14.2. The Kier molecular flexibility index (Phi) is 6.09. The average molecular weight is 449 g/mol. The third kappa shape index (κ3) is 4.29. The molecule has 0 amide bonds. The van der Waals surface area contributed by atoms with E-state index < -0.39 is 6.10 Å². The second kappa shape index (κ2) is 8.83. The summed E-state index contributed by atoms with van der Waals surface area (Å²) < 4.78 is 20.4. The van der Waals surface area contributed by atoms with Gasteiger partial charge in [-0.3, -0.25) is 4.99 Å². The van der Waals surface area contributed by atoms with Crippen molar-refractivity contribution < 1.29 is 9.13 Å². The fourth-order valence-corrected chi connectivity index (χ4v) is 4.34. The zero-order valence-corrected chi connectivity index (χ0v) is 19.6. The van der Waals surface area contributed by atoms with E-state index in [1.807, 2.05) is 31.0 Å². The second-order valence-electron chi connectivity index (χ2n) is 8.97. The molecule has 7 nitrogen and oxygen atoms in total. The fraction of sp³-hybridized carbons (Fsp3) is 0.400. The number of nitrogens with zero attached hydrogens (tertiary/aromatic N) is 5. The average Bonchev–Trinajstić information content (AvgIpc) is 2.78. The van der Waals surface area contributed by atoms with Crippen LogP contribution in [0.3, 0.4) is 0 Å². The van der Waals surface area contributed by atoms with Crippen LogP contribution < -0.4 is 15.5 Å². The molecule has 2 aliphatic rings. The molecule has 2 aromatic rings. The summed E-state index contributed by atoms with van der Waals surface area (Å²) in [6, 6.07) is 8.88. The van der Waals surface area contributed by atoms with E-state index in [0.29, 0.717) is 35.8 Å². The molecule has 1 aromatic heterocycles. The Labute approximate surface area is 194 Å². The molecule has 2 aliphatic heterocycles. The minimum atomic E-state index is -0.487. The Balaban J connectivity index is 1.94. The van der Waals surface area contributed by atoms with E-state index in [0.717, 1.165) is 22.5 Å². The van der Waals surface area contributed by atoms with E-state index in [-0.39, 0.29) is 17.7 Å². The number of dihydropyridines is 1. The first-order valence-corrected chi connectivity index (χ1v) is 11.1. The number of ether oxygens (including phenoxy) is 1. The van der Waals surface area contributed by atoms with Gasteiger partial charge in [0.2, 0.25) is 0 Å². The summed E-state index contributed by atoms with van der Waals surface area (Å²) in [5, 5.41) is 14.0. The quantitative estimate of drug-likeness (QED) is 0.696. The van der Waals surface area contributed by atoms with Crippen molar-refractivity contribution in [1.29, 1.82) is 5.26 Å². The molecule has 1 aromatic carbocycles. The maximum Gasteiger partial charge on any atom is 0.166 e. The van der Waals surface area contributed by atoms with Gasteiger partial charge in [0.25, 0.3) is 0 Å². The highest BCUT2D eigenvalue weighted by Gasteiger charge is 2.30. The van der Waals surface area contributed by atoms with E-state index in [1.54, 1.807) is 18.3 Å².